The number of halogens is 1. The minimum atomic E-state index is -3.09. The monoisotopic (exact) mass is 726 g/mol. The number of morpholine rings is 1. The Labute approximate surface area is 296 Å². The van der Waals surface area contributed by atoms with Gasteiger partial charge in [0.05, 0.1) is 49.4 Å². The number of nitrogens with zero attached hydrogens (tertiary/aromatic N) is 9. The van der Waals surface area contributed by atoms with Gasteiger partial charge < -0.3 is 19.5 Å². The Kier molecular flexibility index (Phi) is 10.5. The van der Waals surface area contributed by atoms with E-state index in [0.29, 0.717) is 59.4 Å². The number of nitrogens with one attached hydrogen (secondary N) is 1. The molecule has 50 heavy (non-hydrogen) atoms. The molecule has 5 heterocycles. The van der Waals surface area contributed by atoms with Crippen LogP contribution in [0.15, 0.2) is 43.1 Å². The molecule has 15 nitrogen and oxygen atoms in total. The van der Waals surface area contributed by atoms with E-state index in [0.717, 1.165) is 50.0 Å². The van der Waals surface area contributed by atoms with Crippen LogP contribution in [0.3, 0.4) is 0 Å². The van der Waals surface area contributed by atoms with E-state index in [9.17, 15) is 8.42 Å². The first-order chi connectivity index (χ1) is 24.2. The normalized spacial score (nSPS) is 23.1. The van der Waals surface area contributed by atoms with Crippen LogP contribution in [0.5, 0.6) is 11.6 Å². The zero-order valence-corrected chi connectivity index (χ0v) is 29.8. The number of aromatic nitrogens is 8. The van der Waals surface area contributed by atoms with E-state index in [1.165, 1.54) is 25.4 Å². The number of tetrazole rings is 1. The maximum Gasteiger partial charge on any atom is 0.256 e. The van der Waals surface area contributed by atoms with E-state index in [1.807, 2.05) is 29.9 Å². The van der Waals surface area contributed by atoms with Gasteiger partial charge in [-0.05, 0) is 80.0 Å². The van der Waals surface area contributed by atoms with Crippen molar-refractivity contribution < 1.29 is 22.6 Å². The van der Waals surface area contributed by atoms with Gasteiger partial charge in [0.2, 0.25) is 5.95 Å². The summed E-state index contributed by atoms with van der Waals surface area (Å²) in [5.41, 5.74) is 2.25. The zero-order chi connectivity index (χ0) is 34.7. The predicted molar refractivity (Wildman–Crippen MR) is 186 cm³/mol. The third kappa shape index (κ3) is 8.36. The quantitative estimate of drug-likeness (QED) is 0.183. The Morgan fingerprint density at radius 2 is 1.74 bits per heavy atom. The molecule has 2 aliphatic heterocycles. The van der Waals surface area contributed by atoms with Crippen LogP contribution in [0.4, 0.5) is 11.6 Å². The van der Waals surface area contributed by atoms with Crippen LogP contribution in [0, 0.1) is 0 Å². The molecule has 3 fully saturated rings. The molecular weight excluding hydrogens is 684 g/mol. The number of hydrogen-bond donors (Lipinski definition) is 1. The molecule has 7 rings (SSSR count). The maximum absolute atomic E-state index is 11.7. The number of ether oxygens (including phenoxy) is 3. The summed E-state index contributed by atoms with van der Waals surface area (Å²) in [4.78, 5) is 11.9. The molecule has 268 valence electrons. The summed E-state index contributed by atoms with van der Waals surface area (Å²) in [6, 6.07) is 7.46. The lowest BCUT2D eigenvalue weighted by molar-refractivity contribution is -0.0458. The molecule has 1 aliphatic carbocycles. The van der Waals surface area contributed by atoms with Crippen molar-refractivity contribution in [2.45, 2.75) is 88.7 Å². The maximum atomic E-state index is 11.7. The molecule has 17 heteroatoms. The van der Waals surface area contributed by atoms with Crippen molar-refractivity contribution in [3.63, 3.8) is 0 Å². The highest BCUT2D eigenvalue weighted by Gasteiger charge is 2.42. The molecule has 3 aromatic heterocycles. The zero-order valence-electron chi connectivity index (χ0n) is 28.3. The largest absolute Gasteiger partial charge is 0.487 e. The third-order valence-corrected chi connectivity index (χ3v) is 11.0. The fraction of sp³-hybridized carbons (Fsp3) is 0.576. The molecule has 0 amide bonds. The van der Waals surface area contributed by atoms with Gasteiger partial charge in [-0.1, -0.05) is 17.7 Å². The van der Waals surface area contributed by atoms with Crippen LogP contribution >= 0.6 is 11.6 Å². The van der Waals surface area contributed by atoms with Gasteiger partial charge in [-0.3, -0.25) is 9.58 Å². The van der Waals surface area contributed by atoms with Crippen molar-refractivity contribution in [3.05, 3.63) is 48.1 Å². The minimum absolute atomic E-state index is 0.0459. The molecule has 2 bridgehead atoms. The molecule has 4 aromatic rings. The van der Waals surface area contributed by atoms with Gasteiger partial charge in [0.15, 0.2) is 0 Å². The van der Waals surface area contributed by atoms with Gasteiger partial charge in [-0.2, -0.15) is 0 Å². The van der Waals surface area contributed by atoms with E-state index < -0.39 is 9.84 Å². The highest BCUT2D eigenvalue weighted by molar-refractivity contribution is 7.90. The number of anilines is 2. The van der Waals surface area contributed by atoms with Crippen LogP contribution in [0.1, 0.15) is 57.9 Å². The molecule has 1 saturated carbocycles. The number of rotatable bonds is 14. The van der Waals surface area contributed by atoms with Crippen molar-refractivity contribution in [2.75, 3.05) is 37.1 Å². The molecule has 3 atom stereocenters. The average Bonchev–Trinajstić information content (AvgIpc) is 3.82. The Morgan fingerprint density at radius 1 is 1.02 bits per heavy atom. The Bertz CT molecular complexity index is 1820. The summed E-state index contributed by atoms with van der Waals surface area (Å²) in [5, 5.41) is 19.8. The molecule has 0 spiro atoms. The highest BCUT2D eigenvalue weighted by atomic mass is 35.5. The Morgan fingerprint density at radius 3 is 2.44 bits per heavy atom. The van der Waals surface area contributed by atoms with Gasteiger partial charge in [-0.15, -0.1) is 10.2 Å². The summed E-state index contributed by atoms with van der Waals surface area (Å²) in [6.45, 7) is 4.31. The Balaban J connectivity index is 1.02. The van der Waals surface area contributed by atoms with Crippen molar-refractivity contribution in [3.8, 4) is 22.8 Å². The standard InChI is InChI=1S/C33H43ClN10O5S/c1-22(17-42-21-37-40-41-42)49-31-14-23(4-11-29(31)34)24-15-35-33(36-16-24)38-30-18-43(39-32(30)48-12-3-13-50(2,45)46)25-5-7-26(8-6-25)44-27-9-10-28(44)20-47-19-27/h4,11,14-16,18,21-22,25-28H,3,5-10,12-13,17,19-20H2,1-2H3,(H,35,36,38)/t22-,25?,26?,27-,28+/m0/s1. The number of sulfone groups is 1. The van der Waals surface area contributed by atoms with Gasteiger partial charge in [0.25, 0.3) is 5.88 Å². The molecule has 3 aliphatic rings. The van der Waals surface area contributed by atoms with E-state index in [2.05, 4.69) is 35.7 Å². The first kappa shape index (κ1) is 34.6. The van der Waals surface area contributed by atoms with Crippen molar-refractivity contribution in [1.82, 2.24) is 44.9 Å². The lowest BCUT2D eigenvalue weighted by Crippen LogP contribution is -2.52. The molecule has 0 radical (unpaired) electrons. The van der Waals surface area contributed by atoms with Gasteiger partial charge >= 0.3 is 0 Å². The van der Waals surface area contributed by atoms with E-state index >= 15 is 0 Å². The minimum Gasteiger partial charge on any atom is -0.487 e. The number of benzene rings is 1. The van der Waals surface area contributed by atoms with Crippen LogP contribution in [0.2, 0.25) is 5.02 Å². The SMILES string of the molecule is C[C@@H](Cn1cnnn1)Oc1cc(-c2cnc(Nc3cn(C4CCC(N5[C@@H]6CC[C@H]5COC6)CC4)nc3OCCCS(C)(=O)=O)nc2)ccc1Cl. The van der Waals surface area contributed by atoms with Gasteiger partial charge in [-0.25, -0.2) is 23.1 Å². The summed E-state index contributed by atoms with van der Waals surface area (Å²) in [7, 11) is -3.09. The van der Waals surface area contributed by atoms with Gasteiger partial charge in [0, 0.05) is 42.3 Å². The smallest absolute Gasteiger partial charge is 0.256 e. The fourth-order valence-corrected chi connectivity index (χ4v) is 8.14. The third-order valence-electron chi connectivity index (χ3n) is 9.68. The fourth-order valence-electron chi connectivity index (χ4n) is 7.34. The van der Waals surface area contributed by atoms with Crippen molar-refractivity contribution in [1.29, 1.82) is 0 Å². The van der Waals surface area contributed by atoms with Gasteiger partial charge in [0.1, 0.15) is 33.7 Å². The van der Waals surface area contributed by atoms with Crippen molar-refractivity contribution in [2.24, 2.45) is 0 Å². The average molecular weight is 727 g/mol. The summed E-state index contributed by atoms with van der Waals surface area (Å²) in [5.74, 6) is 1.35. The molecule has 0 unspecified atom stereocenters. The van der Waals surface area contributed by atoms with Crippen LogP contribution in [0.25, 0.3) is 11.1 Å². The van der Waals surface area contributed by atoms with Crippen LogP contribution < -0.4 is 14.8 Å². The second-order valence-electron chi connectivity index (χ2n) is 13.5. The topological polar surface area (TPSA) is 164 Å². The van der Waals surface area contributed by atoms with Crippen LogP contribution in [-0.2, 0) is 21.1 Å². The van der Waals surface area contributed by atoms with Crippen molar-refractivity contribution >= 4 is 33.1 Å². The molecule has 1 N–H and O–H groups in total. The second-order valence-corrected chi connectivity index (χ2v) is 16.2. The summed E-state index contributed by atoms with van der Waals surface area (Å²) in [6.07, 6.45) is 15.0. The predicted octanol–water partition coefficient (Wildman–Crippen LogP) is 4.35. The van der Waals surface area contributed by atoms with E-state index in [1.54, 1.807) is 23.1 Å². The first-order valence-electron chi connectivity index (χ1n) is 17.2. The number of fused-ring (bicyclic) bond motifs is 2. The summed E-state index contributed by atoms with van der Waals surface area (Å²) >= 11 is 6.45. The first-order valence-corrected chi connectivity index (χ1v) is 19.6. The van der Waals surface area contributed by atoms with E-state index in [-0.39, 0.29) is 24.5 Å². The second kappa shape index (κ2) is 15.2. The number of hydrogen-bond acceptors (Lipinski definition) is 13. The van der Waals surface area contributed by atoms with E-state index in [4.69, 9.17) is 30.9 Å². The highest BCUT2D eigenvalue weighted by Crippen LogP contribution is 2.39. The lowest BCUT2D eigenvalue weighted by Gasteiger charge is -2.43. The molecule has 2 saturated heterocycles. The molecule has 1 aromatic carbocycles. The Hall–Kier alpha value is -3.86. The molecular formula is C33H43ClN10O5S. The van der Waals surface area contributed by atoms with Crippen LogP contribution in [-0.4, -0.2) is 109 Å². The lowest BCUT2D eigenvalue weighted by atomic mass is 9.89. The summed E-state index contributed by atoms with van der Waals surface area (Å²) < 4.78 is 44.9.